The van der Waals surface area contributed by atoms with Gasteiger partial charge in [-0.2, -0.15) is 0 Å². The zero-order valence-corrected chi connectivity index (χ0v) is 13.6. The summed E-state index contributed by atoms with van der Waals surface area (Å²) in [6, 6.07) is 21.0. The highest BCUT2D eigenvalue weighted by Crippen LogP contribution is 2.26. The number of rotatable bonds is 4. The first-order chi connectivity index (χ1) is 11.9. The van der Waals surface area contributed by atoms with Gasteiger partial charge >= 0.3 is 0 Å². The first-order valence-electron chi connectivity index (χ1n) is 8.36. The Morgan fingerprint density at radius 3 is 2.58 bits per heavy atom. The summed E-state index contributed by atoms with van der Waals surface area (Å²) in [6.45, 7) is 3.28. The summed E-state index contributed by atoms with van der Waals surface area (Å²) < 4.78 is 5.72. The highest BCUT2D eigenvalue weighted by Gasteiger charge is 2.27. The molecule has 1 aromatic heterocycles. The van der Waals surface area contributed by atoms with E-state index >= 15 is 0 Å². The van der Waals surface area contributed by atoms with Crippen LogP contribution in [0, 0.1) is 0 Å². The predicted molar refractivity (Wildman–Crippen MR) is 94.4 cm³/mol. The Morgan fingerprint density at radius 2 is 1.79 bits per heavy atom. The molecule has 0 spiro atoms. The van der Waals surface area contributed by atoms with Crippen molar-refractivity contribution in [2.75, 3.05) is 19.8 Å². The van der Waals surface area contributed by atoms with Crippen molar-refractivity contribution in [3.05, 3.63) is 78.2 Å². The third-order valence-electron chi connectivity index (χ3n) is 4.46. The lowest BCUT2D eigenvalue weighted by atomic mass is 10.1. The van der Waals surface area contributed by atoms with Crippen molar-refractivity contribution in [1.29, 1.82) is 0 Å². The van der Waals surface area contributed by atoms with Crippen molar-refractivity contribution >= 4 is 0 Å². The molecule has 2 heterocycles. The maximum absolute atomic E-state index is 5.72. The molecule has 1 fully saturated rings. The Kier molecular flexibility index (Phi) is 4.40. The summed E-state index contributed by atoms with van der Waals surface area (Å²) in [7, 11) is 0. The molecule has 1 saturated heterocycles. The smallest absolute Gasteiger partial charge is 0.126 e. The van der Waals surface area contributed by atoms with Gasteiger partial charge in [-0.3, -0.25) is 4.90 Å². The molecule has 4 rings (SSSR count). The number of morpholine rings is 1. The van der Waals surface area contributed by atoms with Crippen molar-refractivity contribution in [2.45, 2.75) is 12.6 Å². The van der Waals surface area contributed by atoms with Gasteiger partial charge in [0.15, 0.2) is 0 Å². The second-order valence-electron chi connectivity index (χ2n) is 6.09. The van der Waals surface area contributed by atoms with E-state index in [2.05, 4.69) is 57.3 Å². The maximum Gasteiger partial charge on any atom is 0.126 e. The zero-order chi connectivity index (χ0) is 16.2. The van der Waals surface area contributed by atoms with Gasteiger partial charge in [0, 0.05) is 13.1 Å². The molecule has 1 atom stereocenters. The summed E-state index contributed by atoms with van der Waals surface area (Å²) in [4.78, 5) is 10.5. The van der Waals surface area contributed by atoms with Crippen LogP contribution in [-0.2, 0) is 11.3 Å². The van der Waals surface area contributed by atoms with Crippen molar-refractivity contribution in [3.63, 3.8) is 0 Å². The topological polar surface area (TPSA) is 41.1 Å². The van der Waals surface area contributed by atoms with E-state index in [-0.39, 0.29) is 6.04 Å². The summed E-state index contributed by atoms with van der Waals surface area (Å²) in [5.41, 5.74) is 3.53. The highest BCUT2D eigenvalue weighted by atomic mass is 16.5. The van der Waals surface area contributed by atoms with Gasteiger partial charge < -0.3 is 9.72 Å². The van der Waals surface area contributed by atoms with Gasteiger partial charge in [-0.1, -0.05) is 60.7 Å². The van der Waals surface area contributed by atoms with E-state index in [0.717, 1.165) is 36.8 Å². The zero-order valence-electron chi connectivity index (χ0n) is 13.6. The van der Waals surface area contributed by atoms with Gasteiger partial charge in [-0.15, -0.1) is 0 Å². The van der Waals surface area contributed by atoms with Crippen LogP contribution in [0.2, 0.25) is 0 Å². The monoisotopic (exact) mass is 319 g/mol. The molecule has 3 aromatic rings. The quantitative estimate of drug-likeness (QED) is 0.798. The van der Waals surface area contributed by atoms with Crippen molar-refractivity contribution in [3.8, 4) is 11.3 Å². The van der Waals surface area contributed by atoms with Gasteiger partial charge in [0.1, 0.15) is 5.82 Å². The van der Waals surface area contributed by atoms with Gasteiger partial charge in [0.05, 0.1) is 31.1 Å². The number of H-pyrrole nitrogens is 1. The third-order valence-corrected chi connectivity index (χ3v) is 4.46. The first-order valence-corrected chi connectivity index (χ1v) is 8.36. The standard InChI is InChI=1S/C20H21N3O/c1-3-7-16(8-4-1)14-23-11-12-24-15-19(23)20-21-13-18(22-20)17-9-5-2-6-10-17/h1-10,13,19H,11-12,14-15H2,(H,21,22)/t19-/m0/s1. The molecule has 4 nitrogen and oxygen atoms in total. The van der Waals surface area contributed by atoms with E-state index in [9.17, 15) is 0 Å². The second kappa shape index (κ2) is 6.99. The Labute approximate surface area is 142 Å². The second-order valence-corrected chi connectivity index (χ2v) is 6.09. The minimum absolute atomic E-state index is 0.163. The van der Waals surface area contributed by atoms with Crippen molar-refractivity contribution in [2.24, 2.45) is 0 Å². The summed E-state index contributed by atoms with van der Waals surface area (Å²) in [5.74, 6) is 0.976. The minimum Gasteiger partial charge on any atom is -0.378 e. The minimum atomic E-state index is 0.163. The molecule has 2 aromatic carbocycles. The van der Waals surface area contributed by atoms with Crippen LogP contribution in [0.25, 0.3) is 11.3 Å². The molecular weight excluding hydrogens is 298 g/mol. The average Bonchev–Trinajstić information content (AvgIpc) is 3.14. The van der Waals surface area contributed by atoms with Gasteiger partial charge in [-0.25, -0.2) is 4.98 Å². The lowest BCUT2D eigenvalue weighted by Gasteiger charge is -2.34. The fourth-order valence-corrected chi connectivity index (χ4v) is 3.17. The fourth-order valence-electron chi connectivity index (χ4n) is 3.17. The normalized spacial score (nSPS) is 18.6. The number of nitrogens with one attached hydrogen (secondary N) is 1. The highest BCUT2D eigenvalue weighted by molar-refractivity contribution is 5.58. The first kappa shape index (κ1) is 15.1. The van der Waals surface area contributed by atoms with Crippen LogP contribution in [0.5, 0.6) is 0 Å². The Balaban J connectivity index is 1.56. The Bertz CT molecular complexity index is 770. The molecule has 1 aliphatic rings. The number of imidazole rings is 1. The number of hydrogen-bond acceptors (Lipinski definition) is 3. The number of nitrogens with zero attached hydrogens (tertiary/aromatic N) is 2. The molecule has 1 N–H and O–H groups in total. The lowest BCUT2D eigenvalue weighted by Crippen LogP contribution is -2.39. The van der Waals surface area contributed by atoms with E-state index in [1.807, 2.05) is 24.4 Å². The van der Waals surface area contributed by atoms with E-state index in [0.29, 0.717) is 6.61 Å². The van der Waals surface area contributed by atoms with Gasteiger partial charge in [0.25, 0.3) is 0 Å². The number of ether oxygens (including phenoxy) is 1. The number of hydrogen-bond donors (Lipinski definition) is 1. The Hall–Kier alpha value is -2.43. The number of benzene rings is 2. The molecule has 122 valence electrons. The Morgan fingerprint density at radius 1 is 1.04 bits per heavy atom. The average molecular weight is 319 g/mol. The third kappa shape index (κ3) is 3.25. The van der Waals surface area contributed by atoms with E-state index in [4.69, 9.17) is 4.74 Å². The number of aromatic amines is 1. The van der Waals surface area contributed by atoms with Gasteiger partial charge in [0.2, 0.25) is 0 Å². The summed E-state index contributed by atoms with van der Waals surface area (Å²) in [6.07, 6.45) is 1.92. The molecule has 0 radical (unpaired) electrons. The van der Waals surface area contributed by atoms with Crippen molar-refractivity contribution in [1.82, 2.24) is 14.9 Å². The molecule has 4 heteroatoms. The lowest BCUT2D eigenvalue weighted by molar-refractivity contribution is -0.0156. The van der Waals surface area contributed by atoms with E-state index < -0.39 is 0 Å². The molecule has 24 heavy (non-hydrogen) atoms. The van der Waals surface area contributed by atoms with Crippen LogP contribution in [0.1, 0.15) is 17.4 Å². The van der Waals surface area contributed by atoms with Crippen LogP contribution in [0.4, 0.5) is 0 Å². The van der Waals surface area contributed by atoms with Crippen LogP contribution < -0.4 is 0 Å². The van der Waals surface area contributed by atoms with Crippen LogP contribution in [-0.4, -0.2) is 34.6 Å². The number of aromatic nitrogens is 2. The largest absolute Gasteiger partial charge is 0.378 e. The van der Waals surface area contributed by atoms with Gasteiger partial charge in [-0.05, 0) is 11.1 Å². The van der Waals surface area contributed by atoms with Crippen molar-refractivity contribution < 1.29 is 4.74 Å². The molecule has 1 aliphatic heterocycles. The van der Waals surface area contributed by atoms with E-state index in [1.165, 1.54) is 5.56 Å². The molecule has 0 bridgehead atoms. The molecule has 0 unspecified atom stereocenters. The molecule has 0 aliphatic carbocycles. The SMILES string of the molecule is c1ccc(CN2CCOC[C@H]2c2ncc(-c3ccccc3)[nH]2)cc1. The summed E-state index contributed by atoms with van der Waals surface area (Å²) in [5, 5.41) is 0. The fraction of sp³-hybridized carbons (Fsp3) is 0.250. The predicted octanol–water partition coefficient (Wildman–Crippen LogP) is 3.65. The molecule has 0 amide bonds. The van der Waals surface area contributed by atoms with E-state index in [1.54, 1.807) is 0 Å². The van der Waals surface area contributed by atoms with Crippen LogP contribution >= 0.6 is 0 Å². The van der Waals surface area contributed by atoms with Crippen LogP contribution in [0.15, 0.2) is 66.9 Å². The maximum atomic E-state index is 5.72. The summed E-state index contributed by atoms with van der Waals surface area (Å²) >= 11 is 0. The molecular formula is C20H21N3O. The molecule has 0 saturated carbocycles. The van der Waals surface area contributed by atoms with Crippen LogP contribution in [0.3, 0.4) is 0 Å².